The third kappa shape index (κ3) is 7.07. The van der Waals surface area contributed by atoms with E-state index in [1.165, 1.54) is 18.3 Å². The number of fused-ring (bicyclic) bond motifs is 1. The van der Waals surface area contributed by atoms with E-state index in [1.807, 2.05) is 47.3 Å². The summed E-state index contributed by atoms with van der Waals surface area (Å²) in [5, 5.41) is 23.5. The summed E-state index contributed by atoms with van der Waals surface area (Å²) in [6.07, 6.45) is 5.94. The lowest BCUT2D eigenvalue weighted by atomic mass is 9.87. The van der Waals surface area contributed by atoms with Crippen LogP contribution in [0.5, 0.6) is 0 Å². The molecule has 3 heterocycles. The quantitative estimate of drug-likeness (QED) is 0.163. The molecule has 11 heteroatoms. The van der Waals surface area contributed by atoms with Gasteiger partial charge in [0.05, 0.1) is 38.5 Å². The van der Waals surface area contributed by atoms with E-state index in [2.05, 4.69) is 52.4 Å². The number of nitrogens with one attached hydrogen (secondary N) is 1. The fourth-order valence-corrected chi connectivity index (χ4v) is 6.88. The summed E-state index contributed by atoms with van der Waals surface area (Å²) in [6, 6.07) is 18.2. The topological polar surface area (TPSA) is 99.7 Å². The zero-order valence-corrected chi connectivity index (χ0v) is 28.8. The second kappa shape index (κ2) is 13.6. The first-order chi connectivity index (χ1) is 22.9. The molecule has 6 rings (SSSR count). The smallest absolute Gasteiger partial charge is 0.159 e. The minimum absolute atomic E-state index is 0.0228. The van der Waals surface area contributed by atoms with Crippen molar-refractivity contribution in [1.29, 1.82) is 5.26 Å². The molecule has 1 N–H and O–H groups in total. The molecule has 0 unspecified atom stereocenters. The number of rotatable bonds is 8. The van der Waals surface area contributed by atoms with Crippen LogP contribution in [0.1, 0.15) is 85.2 Å². The number of piperidine rings is 1. The number of nitrogens with zero attached hydrogens (tertiary/aromatic N) is 6. The molecule has 1 fully saturated rings. The lowest BCUT2D eigenvalue weighted by Gasteiger charge is -2.40. The van der Waals surface area contributed by atoms with Gasteiger partial charge < -0.3 is 5.32 Å². The maximum Gasteiger partial charge on any atom is 0.159 e. The van der Waals surface area contributed by atoms with Gasteiger partial charge in [-0.3, -0.25) is 14.7 Å². The van der Waals surface area contributed by atoms with Crippen molar-refractivity contribution in [1.82, 2.24) is 24.9 Å². The van der Waals surface area contributed by atoms with Crippen LogP contribution in [0.15, 0.2) is 67.0 Å². The van der Waals surface area contributed by atoms with Gasteiger partial charge in [-0.2, -0.15) is 5.26 Å². The molecule has 1 aliphatic rings. The predicted octanol–water partition coefficient (Wildman–Crippen LogP) is 8.90. The largest absolute Gasteiger partial charge is 0.354 e. The number of carbonyl (C=O) groups is 1. The van der Waals surface area contributed by atoms with Crippen molar-refractivity contribution in [3.05, 3.63) is 111 Å². The average Bonchev–Trinajstić information content (AvgIpc) is 3.55. The molecule has 1 aliphatic heterocycles. The number of anilines is 2. The molecule has 1 atom stereocenters. The molecule has 1 saturated heterocycles. The molecule has 246 valence electrons. The molecule has 0 radical (unpaired) electrons. The number of halogens is 3. The lowest BCUT2D eigenvalue weighted by Crippen LogP contribution is -2.46. The molecule has 0 spiro atoms. The van der Waals surface area contributed by atoms with E-state index in [0.29, 0.717) is 44.8 Å². The third-order valence-electron chi connectivity index (χ3n) is 9.10. The molecule has 0 saturated carbocycles. The summed E-state index contributed by atoms with van der Waals surface area (Å²) in [4.78, 5) is 19.4. The highest BCUT2D eigenvalue weighted by Crippen LogP contribution is 2.37. The second-order valence-corrected chi connectivity index (χ2v) is 14.2. The van der Waals surface area contributed by atoms with E-state index in [-0.39, 0.29) is 28.3 Å². The Morgan fingerprint density at radius 2 is 1.88 bits per heavy atom. The fourth-order valence-electron chi connectivity index (χ4n) is 6.40. The zero-order chi connectivity index (χ0) is 34.2. The molecule has 48 heavy (non-hydrogen) atoms. The minimum atomic E-state index is -0.542. The van der Waals surface area contributed by atoms with E-state index < -0.39 is 5.82 Å². The van der Waals surface area contributed by atoms with Crippen LogP contribution >= 0.6 is 23.2 Å². The number of aromatic nitrogens is 4. The van der Waals surface area contributed by atoms with Gasteiger partial charge in [-0.1, -0.05) is 46.6 Å². The number of hydrogen-bond acceptors (Lipinski definition) is 7. The van der Waals surface area contributed by atoms with Crippen molar-refractivity contribution in [2.45, 2.75) is 64.5 Å². The van der Waals surface area contributed by atoms with Crippen molar-refractivity contribution in [2.75, 3.05) is 18.4 Å². The SMILES string of the molecule is CC(=O)c1cccc([C@H](Cc2cc(Cl)c3ncc(C#N)c(Nc4ccc(F)c(Cl)c4)c3c2)c2cn(C3CCN(C(C)(C)C)CC3)nn2)c1. The van der Waals surface area contributed by atoms with Crippen LogP contribution in [0, 0.1) is 17.1 Å². The van der Waals surface area contributed by atoms with Gasteiger partial charge in [0.1, 0.15) is 11.9 Å². The first kappa shape index (κ1) is 33.5. The van der Waals surface area contributed by atoms with E-state index in [0.717, 1.165) is 42.8 Å². The normalized spacial score (nSPS) is 15.0. The van der Waals surface area contributed by atoms with Crippen LogP contribution in [-0.4, -0.2) is 49.3 Å². The number of nitriles is 1. The van der Waals surface area contributed by atoms with E-state index >= 15 is 0 Å². The summed E-state index contributed by atoms with van der Waals surface area (Å²) < 4.78 is 15.9. The lowest BCUT2D eigenvalue weighted by molar-refractivity contribution is 0.0865. The van der Waals surface area contributed by atoms with Crippen molar-refractivity contribution >= 4 is 51.3 Å². The highest BCUT2D eigenvalue weighted by Gasteiger charge is 2.29. The van der Waals surface area contributed by atoms with Gasteiger partial charge in [0.25, 0.3) is 0 Å². The number of carbonyl (C=O) groups excluding carboxylic acids is 1. The van der Waals surface area contributed by atoms with Crippen LogP contribution in [0.2, 0.25) is 10.0 Å². The molecular weight excluding hydrogens is 648 g/mol. The Hall–Kier alpha value is -4.36. The maximum atomic E-state index is 13.9. The summed E-state index contributed by atoms with van der Waals surface area (Å²) >= 11 is 12.9. The second-order valence-electron chi connectivity index (χ2n) is 13.3. The van der Waals surface area contributed by atoms with E-state index in [4.69, 9.17) is 23.2 Å². The molecular formula is C37H36Cl2FN7O. The zero-order valence-electron chi connectivity index (χ0n) is 27.3. The number of pyridine rings is 1. The first-order valence-corrected chi connectivity index (χ1v) is 16.7. The number of benzene rings is 3. The maximum absolute atomic E-state index is 13.9. The number of hydrogen-bond donors (Lipinski definition) is 1. The van der Waals surface area contributed by atoms with Crippen LogP contribution < -0.4 is 5.32 Å². The van der Waals surface area contributed by atoms with E-state index in [1.54, 1.807) is 13.0 Å². The summed E-state index contributed by atoms with van der Waals surface area (Å²) in [5.74, 6) is -0.814. The fraction of sp³-hybridized carbons (Fsp3) is 0.324. The monoisotopic (exact) mass is 683 g/mol. The summed E-state index contributed by atoms with van der Waals surface area (Å²) in [6.45, 7) is 10.3. The van der Waals surface area contributed by atoms with Gasteiger partial charge in [0.2, 0.25) is 0 Å². The summed E-state index contributed by atoms with van der Waals surface area (Å²) in [7, 11) is 0. The van der Waals surface area contributed by atoms with Gasteiger partial charge in [-0.05, 0) is 94.5 Å². The Balaban J connectivity index is 1.39. The van der Waals surface area contributed by atoms with Gasteiger partial charge in [-0.25, -0.2) is 9.07 Å². The third-order valence-corrected chi connectivity index (χ3v) is 9.68. The number of likely N-dealkylation sites (tertiary alicyclic amines) is 1. The van der Waals surface area contributed by atoms with E-state index in [9.17, 15) is 14.4 Å². The molecule has 0 bridgehead atoms. The van der Waals surface area contributed by atoms with Gasteiger partial charge >= 0.3 is 0 Å². The van der Waals surface area contributed by atoms with Gasteiger partial charge in [0, 0.05) is 53.6 Å². The number of ketones is 1. The van der Waals surface area contributed by atoms with Crippen molar-refractivity contribution < 1.29 is 9.18 Å². The first-order valence-electron chi connectivity index (χ1n) is 15.9. The molecule has 3 aromatic carbocycles. The molecule has 5 aromatic rings. The Labute approximate surface area is 289 Å². The Kier molecular flexibility index (Phi) is 9.53. The summed E-state index contributed by atoms with van der Waals surface area (Å²) in [5.41, 5.74) is 5.12. The Bertz CT molecular complexity index is 2040. The van der Waals surface area contributed by atoms with Crippen molar-refractivity contribution in [2.24, 2.45) is 0 Å². The van der Waals surface area contributed by atoms with Crippen LogP contribution in [-0.2, 0) is 6.42 Å². The molecule has 8 nitrogen and oxygen atoms in total. The predicted molar refractivity (Wildman–Crippen MR) is 188 cm³/mol. The number of Topliss-reactive ketones (excluding diaryl/α,β-unsaturated/α-hetero) is 1. The van der Waals surface area contributed by atoms with Crippen LogP contribution in [0.3, 0.4) is 0 Å². The van der Waals surface area contributed by atoms with Gasteiger partial charge in [-0.15, -0.1) is 5.10 Å². The van der Waals surface area contributed by atoms with Crippen LogP contribution in [0.4, 0.5) is 15.8 Å². The Morgan fingerprint density at radius 3 is 2.56 bits per heavy atom. The highest BCUT2D eigenvalue weighted by molar-refractivity contribution is 6.35. The molecule has 0 aliphatic carbocycles. The standard InChI is InChI=1S/C37H36Cl2FN7O/c1-22(48)24-6-5-7-25(17-24)29(34-21-47(45-44-34)28-10-12-46(13-11-28)37(2,3)4)14-23-15-30-35(43-27-8-9-33(40)31(38)18-27)26(19-41)20-42-36(30)32(39)16-23/h5-9,15-18,20-21,28-29H,10-14H2,1-4H3,(H,42,43)/t29-/m0/s1. The van der Waals surface area contributed by atoms with Gasteiger partial charge in [0.15, 0.2) is 5.78 Å². The highest BCUT2D eigenvalue weighted by atomic mass is 35.5. The minimum Gasteiger partial charge on any atom is -0.354 e. The average molecular weight is 685 g/mol. The van der Waals surface area contributed by atoms with Crippen molar-refractivity contribution in [3.63, 3.8) is 0 Å². The van der Waals surface area contributed by atoms with Crippen LogP contribution in [0.25, 0.3) is 10.9 Å². The Morgan fingerprint density at radius 1 is 1.10 bits per heavy atom. The molecule has 0 amide bonds. The van der Waals surface area contributed by atoms with Crippen molar-refractivity contribution in [3.8, 4) is 6.07 Å². The molecule has 2 aromatic heterocycles.